The molecule has 0 aromatic carbocycles. The van der Waals surface area contributed by atoms with Crippen LogP contribution in [-0.4, -0.2) is 34.7 Å². The first-order valence-corrected chi connectivity index (χ1v) is 6.01. The molecule has 0 aliphatic carbocycles. The Morgan fingerprint density at radius 1 is 1.41 bits per heavy atom. The summed E-state index contributed by atoms with van der Waals surface area (Å²) in [7, 11) is 0. The van der Waals surface area contributed by atoms with Crippen LogP contribution in [0, 0.1) is 0 Å². The Hall–Kier alpha value is -1.78. The molecule has 92 valence electrons. The molecule has 2 rings (SSSR count). The summed E-state index contributed by atoms with van der Waals surface area (Å²) in [6.45, 7) is 3.18. The molecular weight excluding hydrogens is 216 g/mol. The van der Waals surface area contributed by atoms with Crippen LogP contribution in [0.1, 0.15) is 26.2 Å². The molecule has 0 spiro atoms. The Kier molecular flexibility index (Phi) is 3.46. The predicted octanol–water partition coefficient (Wildman–Crippen LogP) is 1.00. The van der Waals surface area contributed by atoms with Gasteiger partial charge < -0.3 is 10.6 Å². The fraction of sp³-hybridized carbons (Fsp3) is 0.500. The highest BCUT2D eigenvalue weighted by atomic mass is 16.2. The van der Waals surface area contributed by atoms with Crippen LogP contribution < -0.4 is 5.73 Å². The summed E-state index contributed by atoms with van der Waals surface area (Å²) in [6.07, 6.45) is 8.66. The Labute approximate surface area is 101 Å². The highest BCUT2D eigenvalue weighted by Gasteiger charge is 2.25. The van der Waals surface area contributed by atoms with Crippen LogP contribution in [-0.2, 0) is 4.79 Å². The molecule has 1 amide bonds. The number of allylic oxidation sites excluding steroid dienone is 1. The van der Waals surface area contributed by atoms with Crippen molar-refractivity contribution in [3.63, 3.8) is 0 Å². The van der Waals surface area contributed by atoms with Crippen LogP contribution in [0.2, 0.25) is 0 Å². The van der Waals surface area contributed by atoms with Gasteiger partial charge in [-0.3, -0.25) is 4.79 Å². The van der Waals surface area contributed by atoms with Gasteiger partial charge in [0.05, 0.1) is 0 Å². The minimum atomic E-state index is 0.0317. The maximum Gasteiger partial charge on any atom is 0.262 e. The molecule has 2 aliphatic heterocycles. The monoisotopic (exact) mass is 234 g/mol. The molecular formula is C12H18N4O. The van der Waals surface area contributed by atoms with Gasteiger partial charge in [-0.15, -0.1) is 0 Å². The molecule has 0 saturated heterocycles. The van der Waals surface area contributed by atoms with E-state index in [4.69, 9.17) is 5.73 Å². The summed E-state index contributed by atoms with van der Waals surface area (Å²) in [6, 6.07) is 0. The third-order valence-corrected chi connectivity index (χ3v) is 2.81. The number of fused-ring (bicyclic) bond motifs is 1. The summed E-state index contributed by atoms with van der Waals surface area (Å²) in [4.78, 5) is 13.6. The lowest BCUT2D eigenvalue weighted by atomic mass is 10.2. The SMILES string of the molecule is CCCCCN1N=C2C=CC(N)=CN2CC1=O. The number of hydrogen-bond donors (Lipinski definition) is 1. The van der Waals surface area contributed by atoms with Gasteiger partial charge in [-0.05, 0) is 18.6 Å². The summed E-state index contributed by atoms with van der Waals surface area (Å²) in [5, 5.41) is 5.90. The second-order valence-corrected chi connectivity index (χ2v) is 4.27. The zero-order valence-electron chi connectivity index (χ0n) is 10.1. The van der Waals surface area contributed by atoms with Crippen LogP contribution in [0.15, 0.2) is 29.2 Å². The fourth-order valence-corrected chi connectivity index (χ4v) is 1.87. The van der Waals surface area contributed by atoms with Gasteiger partial charge in [0.2, 0.25) is 0 Å². The van der Waals surface area contributed by atoms with Gasteiger partial charge in [0.25, 0.3) is 5.91 Å². The molecule has 17 heavy (non-hydrogen) atoms. The first-order chi connectivity index (χ1) is 8.20. The number of hydrogen-bond acceptors (Lipinski definition) is 4. The molecule has 0 radical (unpaired) electrons. The van der Waals surface area contributed by atoms with Gasteiger partial charge >= 0.3 is 0 Å². The minimum Gasteiger partial charge on any atom is -0.398 e. The van der Waals surface area contributed by atoms with Gasteiger partial charge in [-0.25, -0.2) is 5.01 Å². The van der Waals surface area contributed by atoms with Crippen molar-refractivity contribution < 1.29 is 4.79 Å². The van der Waals surface area contributed by atoms with Crippen molar-refractivity contribution in [1.29, 1.82) is 0 Å². The van der Waals surface area contributed by atoms with Crippen molar-refractivity contribution in [2.75, 3.05) is 13.1 Å². The number of nitrogens with two attached hydrogens (primary N) is 1. The molecule has 5 nitrogen and oxygen atoms in total. The zero-order chi connectivity index (χ0) is 12.3. The second-order valence-electron chi connectivity index (χ2n) is 4.27. The lowest BCUT2D eigenvalue weighted by Gasteiger charge is -2.31. The van der Waals surface area contributed by atoms with Gasteiger partial charge in [-0.1, -0.05) is 19.8 Å². The first-order valence-electron chi connectivity index (χ1n) is 6.01. The Balaban J connectivity index is 2.04. The summed E-state index contributed by atoms with van der Waals surface area (Å²) in [5.41, 5.74) is 6.32. The molecule has 0 unspecified atom stereocenters. The maximum absolute atomic E-state index is 11.8. The van der Waals surface area contributed by atoms with Crippen molar-refractivity contribution in [2.24, 2.45) is 10.8 Å². The molecule has 0 aromatic rings. The smallest absolute Gasteiger partial charge is 0.262 e. The van der Waals surface area contributed by atoms with Gasteiger partial charge in [-0.2, -0.15) is 5.10 Å². The number of amidine groups is 1. The van der Waals surface area contributed by atoms with E-state index in [-0.39, 0.29) is 5.91 Å². The molecule has 5 heteroatoms. The molecule has 0 atom stereocenters. The van der Waals surface area contributed by atoms with Crippen LogP contribution in [0.4, 0.5) is 0 Å². The van der Waals surface area contributed by atoms with Gasteiger partial charge in [0.1, 0.15) is 6.54 Å². The first kappa shape index (κ1) is 11.7. The molecule has 2 N–H and O–H groups in total. The summed E-state index contributed by atoms with van der Waals surface area (Å²) in [5.74, 6) is 0.819. The lowest BCUT2D eigenvalue weighted by molar-refractivity contribution is -0.132. The number of carbonyl (C=O) groups is 1. The maximum atomic E-state index is 11.8. The van der Waals surface area contributed by atoms with Crippen molar-refractivity contribution in [1.82, 2.24) is 9.91 Å². The van der Waals surface area contributed by atoms with Crippen molar-refractivity contribution >= 4 is 11.7 Å². The van der Waals surface area contributed by atoms with Gasteiger partial charge in [0, 0.05) is 18.4 Å². The standard InChI is InChI=1S/C12H18N4O/c1-2-3-4-7-16-12(17)9-15-8-10(13)5-6-11(15)14-16/h5-6,8H,2-4,7,9,13H2,1H3. The molecule has 2 aliphatic rings. The Morgan fingerprint density at radius 3 is 3.00 bits per heavy atom. The average molecular weight is 234 g/mol. The van der Waals surface area contributed by atoms with Crippen molar-refractivity contribution in [3.8, 4) is 0 Å². The number of hydrazone groups is 1. The van der Waals surface area contributed by atoms with Crippen LogP contribution in [0.25, 0.3) is 0 Å². The van der Waals surface area contributed by atoms with E-state index in [0.717, 1.165) is 25.1 Å². The minimum absolute atomic E-state index is 0.0317. The van der Waals surface area contributed by atoms with E-state index >= 15 is 0 Å². The summed E-state index contributed by atoms with van der Waals surface area (Å²) < 4.78 is 0. The Bertz CT molecular complexity index is 397. The lowest BCUT2D eigenvalue weighted by Crippen LogP contribution is -2.45. The number of carbonyl (C=O) groups excluding carboxylic acids is 1. The number of rotatable bonds is 4. The topological polar surface area (TPSA) is 61.9 Å². The predicted molar refractivity (Wildman–Crippen MR) is 66.8 cm³/mol. The largest absolute Gasteiger partial charge is 0.398 e. The Morgan fingerprint density at radius 2 is 2.24 bits per heavy atom. The number of unbranched alkanes of at least 4 members (excludes halogenated alkanes) is 2. The van der Waals surface area contributed by atoms with E-state index in [1.54, 1.807) is 22.2 Å². The van der Waals surface area contributed by atoms with Crippen LogP contribution in [0.5, 0.6) is 0 Å². The van der Waals surface area contributed by atoms with Crippen LogP contribution in [0.3, 0.4) is 0 Å². The third kappa shape index (κ3) is 2.67. The number of nitrogens with zero attached hydrogens (tertiary/aromatic N) is 3. The third-order valence-electron chi connectivity index (χ3n) is 2.81. The van der Waals surface area contributed by atoms with Crippen LogP contribution >= 0.6 is 0 Å². The average Bonchev–Trinajstić information content (AvgIpc) is 2.30. The van der Waals surface area contributed by atoms with E-state index in [9.17, 15) is 4.79 Å². The highest BCUT2D eigenvalue weighted by molar-refractivity contribution is 6.00. The zero-order valence-corrected chi connectivity index (χ0v) is 10.1. The molecule has 0 aromatic heterocycles. The number of amides is 1. The normalized spacial score (nSPS) is 19.0. The van der Waals surface area contributed by atoms with E-state index in [0.29, 0.717) is 18.8 Å². The summed E-state index contributed by atoms with van der Waals surface area (Å²) >= 11 is 0. The van der Waals surface area contributed by atoms with E-state index in [1.165, 1.54) is 0 Å². The van der Waals surface area contributed by atoms with E-state index in [1.807, 2.05) is 6.08 Å². The molecule has 2 heterocycles. The van der Waals surface area contributed by atoms with E-state index < -0.39 is 0 Å². The van der Waals surface area contributed by atoms with Gasteiger partial charge in [0.15, 0.2) is 5.84 Å². The van der Waals surface area contributed by atoms with E-state index in [2.05, 4.69) is 12.0 Å². The fourth-order valence-electron chi connectivity index (χ4n) is 1.87. The van der Waals surface area contributed by atoms with Crippen molar-refractivity contribution in [3.05, 3.63) is 24.0 Å². The molecule has 0 bridgehead atoms. The molecule has 0 fully saturated rings. The molecule has 0 saturated carbocycles. The second kappa shape index (κ2) is 5.03. The quantitative estimate of drug-likeness (QED) is 0.738. The highest BCUT2D eigenvalue weighted by Crippen LogP contribution is 2.13. The van der Waals surface area contributed by atoms with Crippen molar-refractivity contribution in [2.45, 2.75) is 26.2 Å².